The van der Waals surface area contributed by atoms with E-state index in [2.05, 4.69) is 25.5 Å². The molecule has 0 saturated heterocycles. The second-order valence-electron chi connectivity index (χ2n) is 5.85. The minimum Gasteiger partial charge on any atom is -0.324 e. The number of hydrogen-bond donors (Lipinski definition) is 1. The Labute approximate surface area is 167 Å². The van der Waals surface area contributed by atoms with Crippen molar-refractivity contribution in [3.05, 3.63) is 56.2 Å². The van der Waals surface area contributed by atoms with Gasteiger partial charge in [0.25, 0.3) is 5.69 Å². The number of nitrogens with one attached hydrogen (secondary N) is 1. The molecule has 1 aliphatic rings. The maximum absolute atomic E-state index is 12.0. The summed E-state index contributed by atoms with van der Waals surface area (Å²) in [4.78, 5) is 52.6. The first-order chi connectivity index (χ1) is 13.7. The molecule has 29 heavy (non-hydrogen) atoms. The van der Waals surface area contributed by atoms with E-state index < -0.39 is 16.9 Å². The van der Waals surface area contributed by atoms with Crippen molar-refractivity contribution < 1.29 is 19.3 Å². The van der Waals surface area contributed by atoms with Gasteiger partial charge in [0.05, 0.1) is 22.4 Å². The largest absolute Gasteiger partial charge is 0.368 e. The fourth-order valence-corrected chi connectivity index (χ4v) is 2.61. The van der Waals surface area contributed by atoms with Crippen molar-refractivity contribution in [1.82, 2.24) is 0 Å². The molecule has 2 aromatic carbocycles. The molecule has 1 aliphatic heterocycles. The number of amides is 3. The van der Waals surface area contributed by atoms with Gasteiger partial charge in [0.15, 0.2) is 5.69 Å². The van der Waals surface area contributed by atoms with Gasteiger partial charge in [0.1, 0.15) is 16.8 Å². The fraction of sp³-hybridized carbons (Fsp3) is 0.118. The molecule has 0 unspecified atom stereocenters. The number of carbonyl (C=O) groups excluding carboxylic acids is 3. The van der Waals surface area contributed by atoms with Gasteiger partial charge in [-0.15, -0.1) is 10.2 Å². The molecule has 11 nitrogen and oxygen atoms in total. The van der Waals surface area contributed by atoms with Crippen LogP contribution < -0.4 is 16.0 Å². The number of anilines is 1. The van der Waals surface area contributed by atoms with Gasteiger partial charge in [0, 0.05) is 11.1 Å². The normalized spacial score (nSPS) is 12.3. The SMILES string of the molecule is CC(=O)CC(=O)Nc1ccc2c(c1N=Nc1ccc(Cl)cc1[N+](=O)[O-])=NC(=O)N=2. The van der Waals surface area contributed by atoms with Crippen LogP contribution in [0.25, 0.3) is 0 Å². The van der Waals surface area contributed by atoms with Crippen molar-refractivity contribution in [2.45, 2.75) is 13.3 Å². The number of nitro groups is 1. The second kappa shape index (κ2) is 8.02. The number of azo groups is 1. The Balaban J connectivity index is 2.09. The van der Waals surface area contributed by atoms with Crippen LogP contribution >= 0.6 is 11.6 Å². The van der Waals surface area contributed by atoms with Gasteiger partial charge in [-0.25, -0.2) is 4.79 Å². The number of benzene rings is 2. The topological polar surface area (TPSA) is 156 Å². The lowest BCUT2D eigenvalue weighted by Gasteiger charge is -2.06. The summed E-state index contributed by atoms with van der Waals surface area (Å²) in [6.07, 6.45) is -0.364. The summed E-state index contributed by atoms with van der Waals surface area (Å²) in [5.74, 6) is -0.953. The van der Waals surface area contributed by atoms with Crippen molar-refractivity contribution in [3.8, 4) is 0 Å². The number of rotatable bonds is 6. The zero-order chi connectivity index (χ0) is 21.1. The van der Waals surface area contributed by atoms with Gasteiger partial charge in [0.2, 0.25) is 5.91 Å². The van der Waals surface area contributed by atoms with E-state index in [1.54, 1.807) is 0 Å². The number of fused-ring (bicyclic) bond motifs is 1. The van der Waals surface area contributed by atoms with Crippen molar-refractivity contribution >= 4 is 52.1 Å². The molecule has 2 aromatic rings. The molecule has 0 radical (unpaired) electrons. The third-order valence-corrected chi connectivity index (χ3v) is 3.86. The highest BCUT2D eigenvalue weighted by Gasteiger charge is 2.18. The number of nitrogens with zero attached hydrogens (tertiary/aromatic N) is 5. The van der Waals surface area contributed by atoms with Crippen LogP contribution in [0.5, 0.6) is 0 Å². The zero-order valence-electron chi connectivity index (χ0n) is 14.7. The van der Waals surface area contributed by atoms with Gasteiger partial charge in [-0.2, -0.15) is 9.98 Å². The molecular weight excluding hydrogens is 404 g/mol. The summed E-state index contributed by atoms with van der Waals surface area (Å²) in [6, 6.07) is 5.91. The number of ketones is 1. The molecule has 0 bridgehead atoms. The van der Waals surface area contributed by atoms with Crippen LogP contribution in [0.15, 0.2) is 50.5 Å². The fourth-order valence-electron chi connectivity index (χ4n) is 2.45. The summed E-state index contributed by atoms with van der Waals surface area (Å²) in [7, 11) is 0. The molecule has 3 amide bonds. The maximum Gasteiger partial charge on any atom is 0.368 e. The standard InChI is InChI=1S/C17H11ClN6O5/c1-8(25)6-14(26)19-12-5-4-11-15(21-17(27)20-11)16(12)23-22-10-3-2-9(18)7-13(10)24(28)29/h2-5,7H,6H2,1H3,(H,19,26). The number of Topliss-reactive ketones (excluding diaryl/α,β-unsaturated/α-hetero) is 1. The highest BCUT2D eigenvalue weighted by molar-refractivity contribution is 6.30. The van der Waals surface area contributed by atoms with Crippen molar-refractivity contribution in [2.24, 2.45) is 20.2 Å². The van der Waals surface area contributed by atoms with Crippen LogP contribution in [0.2, 0.25) is 5.02 Å². The van der Waals surface area contributed by atoms with E-state index in [0.717, 1.165) is 6.07 Å². The van der Waals surface area contributed by atoms with Crippen LogP contribution in [-0.4, -0.2) is 22.6 Å². The van der Waals surface area contributed by atoms with Gasteiger partial charge in [-0.1, -0.05) is 11.6 Å². The predicted octanol–water partition coefficient (Wildman–Crippen LogP) is 2.95. The number of urea groups is 1. The Morgan fingerprint density at radius 3 is 2.66 bits per heavy atom. The number of hydrogen-bond acceptors (Lipinski definition) is 7. The Hall–Kier alpha value is -3.86. The molecule has 0 aliphatic carbocycles. The van der Waals surface area contributed by atoms with Crippen molar-refractivity contribution in [2.75, 3.05) is 5.32 Å². The molecule has 0 atom stereocenters. The van der Waals surface area contributed by atoms with E-state index in [4.69, 9.17) is 11.6 Å². The third-order valence-electron chi connectivity index (χ3n) is 3.63. The van der Waals surface area contributed by atoms with Crippen LogP contribution in [0, 0.1) is 10.1 Å². The quantitative estimate of drug-likeness (QED) is 0.332. The minimum atomic E-state index is -0.763. The van der Waals surface area contributed by atoms with Crippen molar-refractivity contribution in [3.63, 3.8) is 0 Å². The second-order valence-corrected chi connectivity index (χ2v) is 6.29. The van der Waals surface area contributed by atoms with Crippen LogP contribution in [0.1, 0.15) is 13.3 Å². The summed E-state index contributed by atoms with van der Waals surface area (Å²) < 4.78 is 0. The Kier molecular flexibility index (Phi) is 5.50. The molecule has 146 valence electrons. The molecular formula is C17H11ClN6O5. The maximum atomic E-state index is 12.0. The molecule has 12 heteroatoms. The summed E-state index contributed by atoms with van der Waals surface area (Å²) in [5.41, 5.74) is -0.393. The lowest BCUT2D eigenvalue weighted by molar-refractivity contribution is -0.384. The number of halogens is 1. The lowest BCUT2D eigenvalue weighted by Crippen LogP contribution is -2.24. The van der Waals surface area contributed by atoms with Gasteiger partial charge in [-0.05, 0) is 31.2 Å². The average molecular weight is 415 g/mol. The molecule has 1 N–H and O–H groups in total. The summed E-state index contributed by atoms with van der Waals surface area (Å²) >= 11 is 5.78. The first-order valence-electron chi connectivity index (χ1n) is 8.04. The monoisotopic (exact) mass is 414 g/mol. The molecule has 0 fully saturated rings. The van der Waals surface area contributed by atoms with Gasteiger partial charge >= 0.3 is 6.03 Å². The Morgan fingerprint density at radius 2 is 1.97 bits per heavy atom. The first kappa shape index (κ1) is 19.9. The van der Waals surface area contributed by atoms with E-state index in [-0.39, 0.29) is 50.7 Å². The van der Waals surface area contributed by atoms with Crippen molar-refractivity contribution in [1.29, 1.82) is 0 Å². The average Bonchev–Trinajstić information content (AvgIpc) is 3.01. The molecule has 0 aromatic heterocycles. The van der Waals surface area contributed by atoms with E-state index in [0.29, 0.717) is 0 Å². The predicted molar refractivity (Wildman–Crippen MR) is 100 cm³/mol. The number of nitro benzene ring substituents is 1. The summed E-state index contributed by atoms with van der Waals surface area (Å²) in [5, 5.41) is 21.9. The van der Waals surface area contributed by atoms with E-state index in [1.807, 2.05) is 0 Å². The molecule has 1 heterocycles. The van der Waals surface area contributed by atoms with E-state index >= 15 is 0 Å². The van der Waals surface area contributed by atoms with E-state index in [9.17, 15) is 24.5 Å². The van der Waals surface area contributed by atoms with E-state index in [1.165, 1.54) is 31.2 Å². The Morgan fingerprint density at radius 1 is 1.21 bits per heavy atom. The summed E-state index contributed by atoms with van der Waals surface area (Å²) in [6.45, 7) is 1.26. The highest BCUT2D eigenvalue weighted by Crippen LogP contribution is 2.32. The van der Waals surface area contributed by atoms with Gasteiger partial charge < -0.3 is 5.32 Å². The number of carbonyl (C=O) groups is 3. The Bertz CT molecular complexity index is 1220. The molecule has 0 spiro atoms. The van der Waals surface area contributed by atoms with Gasteiger partial charge in [-0.3, -0.25) is 19.7 Å². The zero-order valence-corrected chi connectivity index (χ0v) is 15.5. The van der Waals surface area contributed by atoms with Crippen LogP contribution in [-0.2, 0) is 9.59 Å². The van der Waals surface area contributed by atoms with Crippen LogP contribution in [0.4, 0.5) is 27.5 Å². The lowest BCUT2D eigenvalue weighted by atomic mass is 10.2. The third kappa shape index (κ3) is 4.52. The highest BCUT2D eigenvalue weighted by atomic mass is 35.5. The minimum absolute atomic E-state index is 0.0294. The molecule has 0 saturated carbocycles. The first-order valence-corrected chi connectivity index (χ1v) is 8.42. The van der Waals surface area contributed by atoms with Crippen LogP contribution in [0.3, 0.4) is 0 Å². The molecule has 3 rings (SSSR count). The smallest absolute Gasteiger partial charge is 0.324 e.